The van der Waals surface area contributed by atoms with Crippen LogP contribution in [0.5, 0.6) is 0 Å². The third-order valence-electron chi connectivity index (χ3n) is 4.77. The van der Waals surface area contributed by atoms with Gasteiger partial charge in [0, 0.05) is 28.9 Å². The van der Waals surface area contributed by atoms with Gasteiger partial charge in [-0.2, -0.15) is 5.10 Å². The van der Waals surface area contributed by atoms with E-state index in [0.29, 0.717) is 11.2 Å². The maximum atomic E-state index is 12.7. The van der Waals surface area contributed by atoms with Gasteiger partial charge in [-0.3, -0.25) is 4.98 Å². The predicted octanol–water partition coefficient (Wildman–Crippen LogP) is 4.30. The second kappa shape index (κ2) is 7.16. The number of pyridine rings is 1. The van der Waals surface area contributed by atoms with Gasteiger partial charge in [0.1, 0.15) is 12.2 Å². The highest BCUT2D eigenvalue weighted by Gasteiger charge is 2.18. The zero-order valence-corrected chi connectivity index (χ0v) is 15.4. The van der Waals surface area contributed by atoms with E-state index in [1.807, 2.05) is 66.7 Å². The summed E-state index contributed by atoms with van der Waals surface area (Å²) < 4.78 is 7.22. The Labute approximate surface area is 166 Å². The van der Waals surface area contributed by atoms with E-state index in [0.717, 1.165) is 27.7 Å². The molecule has 3 aromatic heterocycles. The maximum Gasteiger partial charge on any atom is 0.343 e. The molecule has 0 atom stereocenters. The first-order chi connectivity index (χ1) is 14.3. The molecule has 0 aliphatic heterocycles. The second-order valence-electron chi connectivity index (χ2n) is 6.56. The quantitative estimate of drug-likeness (QED) is 0.435. The fourth-order valence-corrected chi connectivity index (χ4v) is 3.37. The lowest BCUT2D eigenvalue weighted by molar-refractivity contribution is 0.0476. The molecule has 6 nitrogen and oxygen atoms in total. The van der Waals surface area contributed by atoms with E-state index in [4.69, 9.17) is 4.74 Å². The smallest absolute Gasteiger partial charge is 0.343 e. The molecule has 29 heavy (non-hydrogen) atoms. The highest BCUT2D eigenvalue weighted by molar-refractivity contribution is 5.96. The molecule has 0 N–H and O–H groups in total. The monoisotopic (exact) mass is 380 g/mol. The van der Waals surface area contributed by atoms with Gasteiger partial charge in [-0.05, 0) is 12.1 Å². The summed E-state index contributed by atoms with van der Waals surface area (Å²) in [6, 6.07) is 21.4. The predicted molar refractivity (Wildman–Crippen MR) is 109 cm³/mol. The molecule has 0 amide bonds. The van der Waals surface area contributed by atoms with Crippen molar-refractivity contribution in [3.05, 3.63) is 96.4 Å². The minimum Gasteiger partial charge on any atom is -0.457 e. The number of carbonyl (C=O) groups excluding carboxylic acids is 1. The molecule has 0 aliphatic rings. The largest absolute Gasteiger partial charge is 0.457 e. The molecule has 5 aromatic rings. The van der Waals surface area contributed by atoms with Crippen molar-refractivity contribution in [2.75, 3.05) is 0 Å². The van der Waals surface area contributed by atoms with Crippen LogP contribution in [0.1, 0.15) is 15.9 Å². The second-order valence-corrected chi connectivity index (χ2v) is 6.56. The average molecular weight is 380 g/mol. The number of nitrogens with zero attached hydrogens (tertiary/aromatic N) is 4. The molecule has 6 heteroatoms. The zero-order valence-electron chi connectivity index (χ0n) is 15.4. The van der Waals surface area contributed by atoms with Crippen LogP contribution < -0.4 is 0 Å². The summed E-state index contributed by atoms with van der Waals surface area (Å²) in [6.45, 7) is 0.128. The molecule has 3 heterocycles. The minimum atomic E-state index is -0.467. The molecule has 2 aromatic carbocycles. The van der Waals surface area contributed by atoms with Crippen molar-refractivity contribution in [1.29, 1.82) is 0 Å². The summed E-state index contributed by atoms with van der Waals surface area (Å²) in [5.41, 5.74) is 4.32. The average Bonchev–Trinajstić information content (AvgIpc) is 3.22. The summed E-state index contributed by atoms with van der Waals surface area (Å²) in [6.07, 6.45) is 4.90. The third kappa shape index (κ3) is 3.10. The molecular weight excluding hydrogens is 364 g/mol. The van der Waals surface area contributed by atoms with Crippen molar-refractivity contribution >= 4 is 22.5 Å². The Hall–Kier alpha value is -4.06. The Kier molecular flexibility index (Phi) is 4.22. The molecule has 0 spiro atoms. The van der Waals surface area contributed by atoms with Gasteiger partial charge in [0.05, 0.1) is 17.4 Å². The number of ether oxygens (including phenoxy) is 1. The molecule has 0 unspecified atom stereocenters. The van der Waals surface area contributed by atoms with Crippen LogP contribution >= 0.6 is 0 Å². The first-order valence-electron chi connectivity index (χ1n) is 9.19. The Morgan fingerprint density at radius 3 is 2.66 bits per heavy atom. The van der Waals surface area contributed by atoms with Gasteiger partial charge in [-0.1, -0.05) is 54.6 Å². The number of benzene rings is 2. The van der Waals surface area contributed by atoms with Crippen molar-refractivity contribution in [2.24, 2.45) is 0 Å². The van der Waals surface area contributed by atoms with Crippen LogP contribution in [0.15, 0.2) is 85.3 Å². The van der Waals surface area contributed by atoms with Crippen molar-refractivity contribution in [2.45, 2.75) is 6.61 Å². The van der Waals surface area contributed by atoms with Gasteiger partial charge in [0.2, 0.25) is 0 Å². The first kappa shape index (κ1) is 17.1. The number of fused-ring (bicyclic) bond motifs is 2. The van der Waals surface area contributed by atoms with Crippen LogP contribution in [0.3, 0.4) is 0 Å². The molecule has 0 saturated carbocycles. The third-order valence-corrected chi connectivity index (χ3v) is 4.77. The van der Waals surface area contributed by atoms with Crippen LogP contribution in [0, 0.1) is 0 Å². The van der Waals surface area contributed by atoms with Crippen LogP contribution in [0.4, 0.5) is 0 Å². The number of hydrogen-bond acceptors (Lipinski definition) is 5. The highest BCUT2D eigenvalue weighted by atomic mass is 16.5. The zero-order chi connectivity index (χ0) is 19.6. The van der Waals surface area contributed by atoms with Crippen LogP contribution in [-0.2, 0) is 11.3 Å². The molecule has 0 bridgehead atoms. The molecule has 0 fully saturated rings. The fraction of sp³-hybridized carbons (Fsp3) is 0.0435. The van der Waals surface area contributed by atoms with Gasteiger partial charge in [0.15, 0.2) is 5.65 Å². The lowest BCUT2D eigenvalue weighted by Crippen LogP contribution is -2.06. The van der Waals surface area contributed by atoms with Gasteiger partial charge < -0.3 is 4.74 Å². The van der Waals surface area contributed by atoms with E-state index < -0.39 is 5.97 Å². The summed E-state index contributed by atoms with van der Waals surface area (Å²) in [4.78, 5) is 21.5. The summed E-state index contributed by atoms with van der Waals surface area (Å²) in [5, 5.41) is 5.37. The van der Waals surface area contributed by atoms with Gasteiger partial charge >= 0.3 is 5.97 Å². The topological polar surface area (TPSA) is 69.4 Å². The molecule has 5 rings (SSSR count). The molecule has 0 saturated heterocycles. The van der Waals surface area contributed by atoms with Crippen LogP contribution in [0.25, 0.3) is 27.8 Å². The number of aromatic nitrogens is 4. The summed E-state index contributed by atoms with van der Waals surface area (Å²) in [7, 11) is 0. The molecule has 140 valence electrons. The normalized spacial score (nSPS) is 11.0. The van der Waals surface area contributed by atoms with E-state index in [9.17, 15) is 4.79 Å². The van der Waals surface area contributed by atoms with Gasteiger partial charge in [-0.25, -0.2) is 14.3 Å². The summed E-state index contributed by atoms with van der Waals surface area (Å²) in [5.74, 6) is -0.467. The molecule has 0 radical (unpaired) electrons. The van der Waals surface area contributed by atoms with E-state index in [2.05, 4.69) is 15.1 Å². The van der Waals surface area contributed by atoms with Gasteiger partial charge in [0.25, 0.3) is 0 Å². The molecular formula is C23H16N4O2. The van der Waals surface area contributed by atoms with Crippen LogP contribution in [-0.4, -0.2) is 25.6 Å². The SMILES string of the molecule is O=C(OCc1cccc2cccnc12)c1cnn2c(-c3ccccc3)ccnc12. The van der Waals surface area contributed by atoms with Gasteiger partial charge in [-0.15, -0.1) is 0 Å². The Morgan fingerprint density at radius 1 is 0.897 bits per heavy atom. The van der Waals surface area contributed by atoms with E-state index >= 15 is 0 Å². The number of esters is 1. The summed E-state index contributed by atoms with van der Waals surface area (Å²) >= 11 is 0. The van der Waals surface area contributed by atoms with Crippen molar-refractivity contribution in [3.8, 4) is 11.3 Å². The maximum absolute atomic E-state index is 12.7. The Morgan fingerprint density at radius 2 is 1.76 bits per heavy atom. The lowest BCUT2D eigenvalue weighted by Gasteiger charge is -2.07. The lowest BCUT2D eigenvalue weighted by atomic mass is 10.1. The standard InChI is InChI=1S/C23H16N4O2/c28-23(29-15-18-9-4-8-17-10-5-12-24-21(17)18)19-14-26-27-20(11-13-25-22(19)27)16-6-2-1-3-7-16/h1-14H,15H2. The van der Waals surface area contributed by atoms with Crippen molar-refractivity contribution < 1.29 is 9.53 Å². The number of carbonyl (C=O) groups is 1. The molecule has 0 aliphatic carbocycles. The van der Waals surface area contributed by atoms with E-state index in [-0.39, 0.29) is 6.61 Å². The van der Waals surface area contributed by atoms with Crippen molar-refractivity contribution in [3.63, 3.8) is 0 Å². The highest BCUT2D eigenvalue weighted by Crippen LogP contribution is 2.22. The first-order valence-corrected chi connectivity index (χ1v) is 9.19. The number of para-hydroxylation sites is 1. The van der Waals surface area contributed by atoms with Crippen molar-refractivity contribution in [1.82, 2.24) is 19.6 Å². The Bertz CT molecular complexity index is 1320. The Balaban J connectivity index is 1.45. The van der Waals surface area contributed by atoms with E-state index in [1.54, 1.807) is 16.9 Å². The number of rotatable bonds is 4. The van der Waals surface area contributed by atoms with E-state index in [1.165, 1.54) is 6.20 Å². The van der Waals surface area contributed by atoms with Crippen LogP contribution in [0.2, 0.25) is 0 Å². The minimum absolute atomic E-state index is 0.128. The number of hydrogen-bond donors (Lipinski definition) is 0. The fourth-order valence-electron chi connectivity index (χ4n) is 3.37.